The van der Waals surface area contributed by atoms with Gasteiger partial charge < -0.3 is 10.3 Å². The highest BCUT2D eigenvalue weighted by Crippen LogP contribution is 2.19. The van der Waals surface area contributed by atoms with Crippen molar-refractivity contribution in [1.29, 1.82) is 0 Å². The maximum absolute atomic E-state index is 12.4. The third-order valence-corrected chi connectivity index (χ3v) is 4.52. The van der Waals surface area contributed by atoms with Gasteiger partial charge in [-0.15, -0.1) is 0 Å². The Labute approximate surface area is 156 Å². The van der Waals surface area contributed by atoms with Crippen molar-refractivity contribution in [3.63, 3.8) is 0 Å². The Morgan fingerprint density at radius 2 is 1.48 bits per heavy atom. The second kappa shape index (κ2) is 7.30. The first-order valence-corrected chi connectivity index (χ1v) is 8.75. The number of aromatic nitrogens is 1. The van der Waals surface area contributed by atoms with Gasteiger partial charge >= 0.3 is 0 Å². The van der Waals surface area contributed by atoms with E-state index in [0.717, 1.165) is 22.0 Å². The summed E-state index contributed by atoms with van der Waals surface area (Å²) in [5, 5.41) is 3.76. The minimum Gasteiger partial charge on any atom is -0.348 e. The Kier molecular flexibility index (Phi) is 4.54. The van der Waals surface area contributed by atoms with Gasteiger partial charge in [0.25, 0.3) is 11.5 Å². The monoisotopic (exact) mass is 354 g/mol. The molecule has 0 unspecified atom stereocenters. The lowest BCUT2D eigenvalue weighted by Gasteiger charge is -2.07. The van der Waals surface area contributed by atoms with Gasteiger partial charge in [0.2, 0.25) is 0 Å². The summed E-state index contributed by atoms with van der Waals surface area (Å²) in [4.78, 5) is 27.4. The van der Waals surface area contributed by atoms with Gasteiger partial charge in [-0.3, -0.25) is 9.59 Å². The lowest BCUT2D eigenvalue weighted by Crippen LogP contribution is -2.26. The first-order valence-electron chi connectivity index (χ1n) is 8.75. The summed E-state index contributed by atoms with van der Waals surface area (Å²) >= 11 is 0. The third kappa shape index (κ3) is 3.65. The SMILES string of the molecule is O=C(NCc1cc2ccccc2[nH]c1=O)c1ccc(-c2ccccc2)cc1. The summed E-state index contributed by atoms with van der Waals surface area (Å²) in [6, 6.07) is 26.8. The van der Waals surface area contributed by atoms with E-state index in [9.17, 15) is 9.59 Å². The topological polar surface area (TPSA) is 62.0 Å². The maximum Gasteiger partial charge on any atom is 0.253 e. The molecule has 4 heteroatoms. The lowest BCUT2D eigenvalue weighted by molar-refractivity contribution is 0.0951. The fourth-order valence-corrected chi connectivity index (χ4v) is 3.05. The van der Waals surface area contributed by atoms with E-state index in [1.54, 1.807) is 12.1 Å². The molecule has 0 saturated carbocycles. The van der Waals surface area contributed by atoms with E-state index in [4.69, 9.17) is 0 Å². The molecule has 1 heterocycles. The smallest absolute Gasteiger partial charge is 0.253 e. The summed E-state index contributed by atoms with van der Waals surface area (Å²) in [5.74, 6) is -0.206. The first-order chi connectivity index (χ1) is 13.2. The molecular formula is C23H18N2O2. The molecule has 27 heavy (non-hydrogen) atoms. The molecule has 0 aliphatic heterocycles. The van der Waals surface area contributed by atoms with Crippen molar-refractivity contribution in [3.05, 3.63) is 106 Å². The molecule has 2 N–H and O–H groups in total. The van der Waals surface area contributed by atoms with Gasteiger partial charge in [-0.1, -0.05) is 60.7 Å². The van der Waals surface area contributed by atoms with Crippen molar-refractivity contribution in [2.24, 2.45) is 0 Å². The number of para-hydroxylation sites is 1. The number of pyridine rings is 1. The molecule has 1 aromatic heterocycles. The summed E-state index contributed by atoms with van der Waals surface area (Å²) in [7, 11) is 0. The minimum absolute atomic E-state index is 0.180. The van der Waals surface area contributed by atoms with E-state index in [2.05, 4.69) is 10.3 Å². The van der Waals surface area contributed by atoms with Crippen molar-refractivity contribution in [1.82, 2.24) is 10.3 Å². The van der Waals surface area contributed by atoms with Crippen LogP contribution in [0.25, 0.3) is 22.0 Å². The predicted octanol–water partition coefficient (Wildman–Crippen LogP) is 4.13. The molecule has 0 radical (unpaired) electrons. The lowest BCUT2D eigenvalue weighted by atomic mass is 10.0. The van der Waals surface area contributed by atoms with Crippen molar-refractivity contribution in [3.8, 4) is 11.1 Å². The zero-order valence-corrected chi connectivity index (χ0v) is 14.6. The van der Waals surface area contributed by atoms with Gasteiger partial charge in [-0.25, -0.2) is 0 Å². The van der Waals surface area contributed by atoms with Crippen LogP contribution >= 0.6 is 0 Å². The quantitative estimate of drug-likeness (QED) is 0.579. The van der Waals surface area contributed by atoms with Crippen LogP contribution in [-0.4, -0.2) is 10.9 Å². The molecule has 0 spiro atoms. The van der Waals surface area contributed by atoms with E-state index >= 15 is 0 Å². The van der Waals surface area contributed by atoms with Crippen molar-refractivity contribution >= 4 is 16.8 Å². The summed E-state index contributed by atoms with van der Waals surface area (Å²) in [6.07, 6.45) is 0. The van der Waals surface area contributed by atoms with Gasteiger partial charge in [-0.2, -0.15) is 0 Å². The molecule has 4 nitrogen and oxygen atoms in total. The van der Waals surface area contributed by atoms with Crippen LogP contribution < -0.4 is 10.9 Å². The minimum atomic E-state index is -0.206. The average Bonchev–Trinajstić information content (AvgIpc) is 2.73. The highest BCUT2D eigenvalue weighted by molar-refractivity contribution is 5.94. The van der Waals surface area contributed by atoms with Gasteiger partial charge in [0, 0.05) is 23.2 Å². The number of amides is 1. The largest absolute Gasteiger partial charge is 0.348 e. The van der Waals surface area contributed by atoms with E-state index in [0.29, 0.717) is 11.1 Å². The number of rotatable bonds is 4. The van der Waals surface area contributed by atoms with Crippen LogP contribution in [0.2, 0.25) is 0 Å². The van der Waals surface area contributed by atoms with Crippen LogP contribution in [0.1, 0.15) is 15.9 Å². The van der Waals surface area contributed by atoms with Crippen LogP contribution in [0.3, 0.4) is 0 Å². The van der Waals surface area contributed by atoms with E-state index in [1.165, 1.54) is 0 Å². The van der Waals surface area contributed by atoms with E-state index in [1.807, 2.05) is 72.8 Å². The first kappa shape index (κ1) is 16.8. The Bertz CT molecular complexity index is 1150. The molecule has 3 aromatic carbocycles. The average molecular weight is 354 g/mol. The second-order valence-electron chi connectivity index (χ2n) is 6.34. The number of hydrogen-bond donors (Lipinski definition) is 2. The summed E-state index contributed by atoms with van der Waals surface area (Å²) < 4.78 is 0. The molecule has 4 rings (SSSR count). The predicted molar refractivity (Wildman–Crippen MR) is 108 cm³/mol. The Hall–Kier alpha value is -3.66. The number of fused-ring (bicyclic) bond motifs is 1. The zero-order valence-electron chi connectivity index (χ0n) is 14.6. The van der Waals surface area contributed by atoms with Gasteiger partial charge in [0.05, 0.1) is 0 Å². The van der Waals surface area contributed by atoms with Crippen molar-refractivity contribution in [2.45, 2.75) is 6.54 Å². The fourth-order valence-electron chi connectivity index (χ4n) is 3.05. The van der Waals surface area contributed by atoms with Crippen LogP contribution in [-0.2, 0) is 6.54 Å². The van der Waals surface area contributed by atoms with Gasteiger partial charge in [-0.05, 0) is 40.8 Å². The van der Waals surface area contributed by atoms with Crippen LogP contribution in [0.15, 0.2) is 89.7 Å². The Balaban J connectivity index is 1.48. The zero-order chi connectivity index (χ0) is 18.6. The number of carbonyl (C=O) groups is 1. The van der Waals surface area contributed by atoms with Crippen molar-refractivity contribution < 1.29 is 4.79 Å². The highest BCUT2D eigenvalue weighted by atomic mass is 16.1. The molecule has 0 aliphatic rings. The number of H-pyrrole nitrogens is 1. The number of nitrogens with one attached hydrogen (secondary N) is 2. The molecule has 0 atom stereocenters. The van der Waals surface area contributed by atoms with Gasteiger partial charge in [0.15, 0.2) is 0 Å². The van der Waals surface area contributed by atoms with Crippen molar-refractivity contribution in [2.75, 3.05) is 0 Å². The molecule has 1 amide bonds. The highest BCUT2D eigenvalue weighted by Gasteiger charge is 2.08. The van der Waals surface area contributed by atoms with Crippen LogP contribution in [0.4, 0.5) is 0 Å². The number of benzene rings is 3. The molecule has 0 saturated heterocycles. The standard InChI is InChI=1S/C23H18N2O2/c26-22(18-12-10-17(11-13-18)16-6-2-1-3-7-16)24-15-20-14-19-8-4-5-9-21(19)25-23(20)27/h1-14H,15H2,(H,24,26)(H,25,27). The normalized spacial score (nSPS) is 10.7. The fraction of sp³-hybridized carbons (Fsp3) is 0.0435. The van der Waals surface area contributed by atoms with E-state index < -0.39 is 0 Å². The molecular weight excluding hydrogens is 336 g/mol. The molecule has 0 bridgehead atoms. The van der Waals surface area contributed by atoms with Gasteiger partial charge in [0.1, 0.15) is 0 Å². The Morgan fingerprint density at radius 1 is 0.815 bits per heavy atom. The number of aromatic amines is 1. The summed E-state index contributed by atoms with van der Waals surface area (Å²) in [6.45, 7) is 0.180. The summed E-state index contributed by atoms with van der Waals surface area (Å²) in [5.41, 5.74) is 3.85. The van der Waals surface area contributed by atoms with Crippen LogP contribution in [0, 0.1) is 0 Å². The maximum atomic E-state index is 12.4. The van der Waals surface area contributed by atoms with Crippen LogP contribution in [0.5, 0.6) is 0 Å². The number of carbonyl (C=O) groups excluding carboxylic acids is 1. The number of hydrogen-bond acceptors (Lipinski definition) is 2. The second-order valence-corrected chi connectivity index (χ2v) is 6.34. The molecule has 0 fully saturated rings. The molecule has 4 aromatic rings. The van der Waals surface area contributed by atoms with E-state index in [-0.39, 0.29) is 18.0 Å². The molecule has 132 valence electrons. The third-order valence-electron chi connectivity index (χ3n) is 4.52. The Morgan fingerprint density at radius 3 is 2.26 bits per heavy atom. The molecule has 0 aliphatic carbocycles.